The van der Waals surface area contributed by atoms with E-state index in [1.807, 2.05) is 12.1 Å². The largest absolute Gasteiger partial charge is 0.381 e. The van der Waals surface area contributed by atoms with Gasteiger partial charge in [-0.3, -0.25) is 0 Å². The van der Waals surface area contributed by atoms with Gasteiger partial charge in [0.25, 0.3) is 0 Å². The van der Waals surface area contributed by atoms with Gasteiger partial charge in [-0.25, -0.2) is 4.79 Å². The van der Waals surface area contributed by atoms with Crippen molar-refractivity contribution in [3.8, 4) is 0 Å². The first kappa shape index (κ1) is 19.4. The zero-order valence-electron chi connectivity index (χ0n) is 16.5. The van der Waals surface area contributed by atoms with E-state index in [2.05, 4.69) is 67.8 Å². The minimum Gasteiger partial charge on any atom is -0.381 e. The molecule has 0 aromatic heterocycles. The Bertz CT molecular complexity index is 745. The van der Waals surface area contributed by atoms with E-state index in [9.17, 15) is 4.79 Å². The molecule has 0 spiro atoms. The maximum Gasteiger partial charge on any atom is 0.319 e. The second-order valence-electron chi connectivity index (χ2n) is 7.84. The van der Waals surface area contributed by atoms with Crippen LogP contribution in [0.2, 0.25) is 0 Å². The molecule has 1 fully saturated rings. The summed E-state index contributed by atoms with van der Waals surface area (Å²) in [4.78, 5) is 12.4. The third kappa shape index (κ3) is 4.89. The van der Waals surface area contributed by atoms with E-state index in [0.717, 1.165) is 31.7 Å². The molecule has 2 N–H and O–H groups in total. The Kier molecular flexibility index (Phi) is 6.17. The number of ether oxygens (including phenoxy) is 1. The zero-order chi connectivity index (χ0) is 19.3. The van der Waals surface area contributed by atoms with Gasteiger partial charge < -0.3 is 15.4 Å². The molecule has 144 valence electrons. The summed E-state index contributed by atoms with van der Waals surface area (Å²) < 4.78 is 5.57. The Morgan fingerprint density at radius 1 is 1.04 bits per heavy atom. The number of anilines is 1. The van der Waals surface area contributed by atoms with Gasteiger partial charge in [0.05, 0.1) is 0 Å². The molecular weight excluding hydrogens is 336 g/mol. The fourth-order valence-corrected chi connectivity index (χ4v) is 3.61. The molecule has 4 nitrogen and oxygen atoms in total. The highest BCUT2D eigenvalue weighted by molar-refractivity contribution is 5.89. The molecule has 0 radical (unpaired) electrons. The third-order valence-electron chi connectivity index (χ3n) is 5.54. The highest BCUT2D eigenvalue weighted by Crippen LogP contribution is 2.34. The van der Waals surface area contributed by atoms with E-state index in [1.165, 1.54) is 16.7 Å². The summed E-state index contributed by atoms with van der Waals surface area (Å²) in [5.41, 5.74) is 4.54. The van der Waals surface area contributed by atoms with Crippen LogP contribution in [0.1, 0.15) is 49.3 Å². The number of rotatable bonds is 5. The fourth-order valence-electron chi connectivity index (χ4n) is 3.61. The molecule has 2 amide bonds. The maximum absolute atomic E-state index is 12.4. The predicted molar refractivity (Wildman–Crippen MR) is 110 cm³/mol. The SMILES string of the molecule is Cc1ccc(C2(CNC(=O)Nc3ccc(C(C)C)cc3)CCOCC2)cc1. The summed E-state index contributed by atoms with van der Waals surface area (Å²) in [6.07, 6.45) is 1.83. The quantitative estimate of drug-likeness (QED) is 0.783. The van der Waals surface area contributed by atoms with Gasteiger partial charge in [-0.2, -0.15) is 0 Å². The van der Waals surface area contributed by atoms with Crippen LogP contribution in [-0.2, 0) is 10.2 Å². The third-order valence-corrected chi connectivity index (χ3v) is 5.54. The van der Waals surface area contributed by atoms with Gasteiger partial charge in [0.2, 0.25) is 0 Å². The summed E-state index contributed by atoms with van der Waals surface area (Å²) in [7, 11) is 0. The molecule has 1 aliphatic rings. The standard InChI is InChI=1S/C23H30N2O2/c1-17(2)19-6-10-21(11-7-19)25-22(26)24-16-23(12-14-27-15-13-23)20-8-4-18(3)5-9-20/h4-11,17H,12-16H2,1-3H3,(H2,24,25,26). The summed E-state index contributed by atoms with van der Waals surface area (Å²) in [6.45, 7) is 8.48. The minimum atomic E-state index is -0.162. The molecule has 2 aromatic rings. The molecule has 1 heterocycles. The number of carbonyl (C=O) groups is 1. The number of nitrogens with one attached hydrogen (secondary N) is 2. The van der Waals surface area contributed by atoms with Crippen molar-refractivity contribution in [2.45, 2.75) is 44.9 Å². The lowest BCUT2D eigenvalue weighted by Crippen LogP contribution is -2.45. The average Bonchev–Trinajstić information content (AvgIpc) is 2.68. The van der Waals surface area contributed by atoms with Crippen LogP contribution in [0.25, 0.3) is 0 Å². The molecule has 2 aromatic carbocycles. The van der Waals surface area contributed by atoms with E-state index >= 15 is 0 Å². The van der Waals surface area contributed by atoms with E-state index in [4.69, 9.17) is 4.74 Å². The van der Waals surface area contributed by atoms with Crippen molar-refractivity contribution >= 4 is 11.7 Å². The lowest BCUT2D eigenvalue weighted by atomic mass is 9.74. The average molecular weight is 367 g/mol. The van der Waals surface area contributed by atoms with Crippen LogP contribution in [0.3, 0.4) is 0 Å². The van der Waals surface area contributed by atoms with Crippen LogP contribution >= 0.6 is 0 Å². The highest BCUT2D eigenvalue weighted by atomic mass is 16.5. The molecule has 0 bridgehead atoms. The Balaban J connectivity index is 1.64. The van der Waals surface area contributed by atoms with Crippen molar-refractivity contribution in [3.63, 3.8) is 0 Å². The Labute approximate surface area is 162 Å². The van der Waals surface area contributed by atoms with Gasteiger partial charge in [-0.15, -0.1) is 0 Å². The number of hydrogen-bond donors (Lipinski definition) is 2. The summed E-state index contributed by atoms with van der Waals surface area (Å²) in [5.74, 6) is 0.482. The second kappa shape index (κ2) is 8.57. The number of benzene rings is 2. The Morgan fingerprint density at radius 3 is 2.26 bits per heavy atom. The summed E-state index contributed by atoms with van der Waals surface area (Å²) in [5, 5.41) is 6.03. The first-order valence-electron chi connectivity index (χ1n) is 9.78. The van der Waals surface area contributed by atoms with E-state index in [0.29, 0.717) is 12.5 Å². The van der Waals surface area contributed by atoms with Crippen LogP contribution < -0.4 is 10.6 Å². The van der Waals surface area contributed by atoms with E-state index in [-0.39, 0.29) is 11.4 Å². The van der Waals surface area contributed by atoms with Crippen LogP contribution in [0.5, 0.6) is 0 Å². The topological polar surface area (TPSA) is 50.4 Å². The minimum absolute atomic E-state index is 0.0647. The highest BCUT2D eigenvalue weighted by Gasteiger charge is 2.34. The zero-order valence-corrected chi connectivity index (χ0v) is 16.5. The lowest BCUT2D eigenvalue weighted by Gasteiger charge is -2.38. The molecule has 0 atom stereocenters. The monoisotopic (exact) mass is 366 g/mol. The lowest BCUT2D eigenvalue weighted by molar-refractivity contribution is 0.0508. The van der Waals surface area contributed by atoms with Crippen LogP contribution in [0, 0.1) is 6.92 Å². The van der Waals surface area contributed by atoms with Crippen molar-refractivity contribution in [2.24, 2.45) is 0 Å². The van der Waals surface area contributed by atoms with Crippen LogP contribution in [-0.4, -0.2) is 25.8 Å². The molecule has 27 heavy (non-hydrogen) atoms. The van der Waals surface area contributed by atoms with Crippen molar-refractivity contribution in [3.05, 3.63) is 65.2 Å². The predicted octanol–water partition coefficient (Wildman–Crippen LogP) is 4.99. The van der Waals surface area contributed by atoms with Crippen LogP contribution in [0.15, 0.2) is 48.5 Å². The van der Waals surface area contributed by atoms with Gasteiger partial charge in [-0.05, 0) is 48.9 Å². The molecule has 4 heteroatoms. The molecule has 0 saturated carbocycles. The number of hydrogen-bond acceptors (Lipinski definition) is 2. The number of urea groups is 1. The molecule has 3 rings (SSSR count). The number of aryl methyl sites for hydroxylation is 1. The van der Waals surface area contributed by atoms with Gasteiger partial charge >= 0.3 is 6.03 Å². The second-order valence-corrected chi connectivity index (χ2v) is 7.84. The fraction of sp³-hybridized carbons (Fsp3) is 0.435. The summed E-state index contributed by atoms with van der Waals surface area (Å²) in [6, 6.07) is 16.5. The first-order valence-corrected chi connectivity index (χ1v) is 9.78. The smallest absolute Gasteiger partial charge is 0.319 e. The van der Waals surface area contributed by atoms with Crippen LogP contribution in [0.4, 0.5) is 10.5 Å². The van der Waals surface area contributed by atoms with Gasteiger partial charge in [-0.1, -0.05) is 55.8 Å². The molecule has 0 aliphatic carbocycles. The van der Waals surface area contributed by atoms with Gasteiger partial charge in [0, 0.05) is 30.9 Å². The van der Waals surface area contributed by atoms with Gasteiger partial charge in [0.1, 0.15) is 0 Å². The molecule has 1 saturated heterocycles. The van der Waals surface area contributed by atoms with Crippen molar-refractivity contribution < 1.29 is 9.53 Å². The normalized spacial score (nSPS) is 16.1. The Hall–Kier alpha value is -2.33. The van der Waals surface area contributed by atoms with E-state index < -0.39 is 0 Å². The Morgan fingerprint density at radius 2 is 1.67 bits per heavy atom. The number of carbonyl (C=O) groups excluding carboxylic acids is 1. The molecular formula is C23H30N2O2. The molecule has 1 aliphatic heterocycles. The van der Waals surface area contributed by atoms with Crippen molar-refractivity contribution in [2.75, 3.05) is 25.1 Å². The van der Waals surface area contributed by atoms with Crippen molar-refractivity contribution in [1.82, 2.24) is 5.32 Å². The maximum atomic E-state index is 12.4. The molecule has 0 unspecified atom stereocenters. The van der Waals surface area contributed by atoms with Crippen molar-refractivity contribution in [1.29, 1.82) is 0 Å². The van der Waals surface area contributed by atoms with E-state index in [1.54, 1.807) is 0 Å². The first-order chi connectivity index (χ1) is 13.0. The summed E-state index contributed by atoms with van der Waals surface area (Å²) >= 11 is 0. The van der Waals surface area contributed by atoms with Gasteiger partial charge in [0.15, 0.2) is 0 Å². The number of amides is 2.